The molecule has 1 unspecified atom stereocenters. The van der Waals surface area contributed by atoms with Crippen LogP contribution in [0.1, 0.15) is 30.4 Å². The van der Waals surface area contributed by atoms with Gasteiger partial charge >= 0.3 is 0 Å². The molecule has 1 heterocycles. The molecule has 0 radical (unpaired) electrons. The van der Waals surface area contributed by atoms with Crippen molar-refractivity contribution in [2.45, 2.75) is 31.1 Å². The lowest BCUT2D eigenvalue weighted by molar-refractivity contribution is -0.120. The number of carbonyl (C=O) groups is 1. The third-order valence-corrected chi connectivity index (χ3v) is 4.65. The molecule has 1 atom stereocenters. The number of benzene rings is 1. The minimum absolute atomic E-state index is 0.0704. The van der Waals surface area contributed by atoms with Gasteiger partial charge in [-0.05, 0) is 30.2 Å². The molecule has 6 heteroatoms. The van der Waals surface area contributed by atoms with Crippen LogP contribution in [-0.4, -0.2) is 28.0 Å². The van der Waals surface area contributed by atoms with Crippen molar-refractivity contribution in [3.8, 4) is 0 Å². The number of oxime groups is 1. The molecule has 1 aromatic rings. The second kappa shape index (κ2) is 7.19. The first-order chi connectivity index (χ1) is 9.70. The maximum absolute atomic E-state index is 12.0. The average molecular weight is 293 g/mol. The minimum atomic E-state index is 0.0704. The van der Waals surface area contributed by atoms with Crippen LogP contribution >= 0.6 is 11.8 Å². The van der Waals surface area contributed by atoms with Gasteiger partial charge in [-0.25, -0.2) is 0 Å². The molecule has 0 aliphatic carbocycles. The SMILES string of the molecule is N/C(=N/O)c1cccc(CNC(=O)C2CCCCS2)c1. The quantitative estimate of drug-likeness (QED) is 0.341. The predicted molar refractivity (Wildman–Crippen MR) is 80.9 cm³/mol. The Bertz CT molecular complexity index is 499. The molecule has 1 saturated heterocycles. The summed E-state index contributed by atoms with van der Waals surface area (Å²) in [7, 11) is 0. The molecular weight excluding hydrogens is 274 g/mol. The fraction of sp³-hybridized carbons (Fsp3) is 0.429. The van der Waals surface area contributed by atoms with Crippen molar-refractivity contribution in [3.05, 3.63) is 35.4 Å². The molecule has 1 amide bonds. The molecule has 1 aliphatic rings. The van der Waals surface area contributed by atoms with E-state index in [9.17, 15) is 4.79 Å². The molecule has 0 spiro atoms. The highest BCUT2D eigenvalue weighted by Crippen LogP contribution is 2.25. The van der Waals surface area contributed by atoms with Crippen LogP contribution in [0.3, 0.4) is 0 Å². The van der Waals surface area contributed by atoms with Crippen molar-refractivity contribution in [1.82, 2.24) is 5.32 Å². The highest BCUT2D eigenvalue weighted by atomic mass is 32.2. The van der Waals surface area contributed by atoms with Crippen molar-refractivity contribution in [3.63, 3.8) is 0 Å². The zero-order valence-electron chi connectivity index (χ0n) is 11.2. The first-order valence-electron chi connectivity index (χ1n) is 6.67. The standard InChI is InChI=1S/C14H19N3O2S/c15-13(17-19)11-5-3-4-10(8-11)9-16-14(18)12-6-1-2-7-20-12/h3-5,8,12,19H,1-2,6-7,9H2,(H2,15,17)(H,16,18). The topological polar surface area (TPSA) is 87.7 Å². The van der Waals surface area contributed by atoms with Gasteiger partial charge in [-0.2, -0.15) is 0 Å². The van der Waals surface area contributed by atoms with E-state index in [1.54, 1.807) is 17.8 Å². The Balaban J connectivity index is 1.91. The summed E-state index contributed by atoms with van der Waals surface area (Å²) in [4.78, 5) is 12.0. The molecule has 0 bridgehead atoms. The Labute approximate surface area is 122 Å². The van der Waals surface area contributed by atoms with Gasteiger partial charge < -0.3 is 16.3 Å². The van der Waals surface area contributed by atoms with Crippen molar-refractivity contribution < 1.29 is 10.0 Å². The maximum atomic E-state index is 12.0. The summed E-state index contributed by atoms with van der Waals surface area (Å²) in [5.74, 6) is 1.24. The first kappa shape index (κ1) is 14.7. The highest BCUT2D eigenvalue weighted by Gasteiger charge is 2.21. The maximum Gasteiger partial charge on any atom is 0.233 e. The number of nitrogens with one attached hydrogen (secondary N) is 1. The fourth-order valence-electron chi connectivity index (χ4n) is 2.15. The summed E-state index contributed by atoms with van der Waals surface area (Å²) in [6.45, 7) is 0.461. The van der Waals surface area contributed by atoms with Gasteiger partial charge in [0.1, 0.15) is 0 Å². The van der Waals surface area contributed by atoms with Crippen molar-refractivity contribution in [1.29, 1.82) is 0 Å². The summed E-state index contributed by atoms with van der Waals surface area (Å²) < 4.78 is 0. The smallest absolute Gasteiger partial charge is 0.233 e. The zero-order valence-corrected chi connectivity index (χ0v) is 12.0. The number of nitrogens with two attached hydrogens (primary N) is 1. The second-order valence-corrected chi connectivity index (χ2v) is 6.07. The number of nitrogens with zero attached hydrogens (tertiary/aromatic N) is 1. The monoisotopic (exact) mass is 293 g/mol. The van der Waals surface area contributed by atoms with Crippen molar-refractivity contribution >= 4 is 23.5 Å². The lowest BCUT2D eigenvalue weighted by Crippen LogP contribution is -2.33. The zero-order chi connectivity index (χ0) is 14.4. The number of rotatable bonds is 4. The van der Waals surface area contributed by atoms with E-state index in [1.165, 1.54) is 6.42 Å². The Hall–Kier alpha value is -1.69. The summed E-state index contributed by atoms with van der Waals surface area (Å²) in [5, 5.41) is 14.7. The van der Waals surface area contributed by atoms with Gasteiger partial charge in [0.2, 0.25) is 5.91 Å². The number of hydrogen-bond donors (Lipinski definition) is 3. The van der Waals surface area contributed by atoms with Gasteiger partial charge in [-0.3, -0.25) is 4.79 Å². The van der Waals surface area contributed by atoms with E-state index in [1.807, 2.05) is 18.2 Å². The van der Waals surface area contributed by atoms with Crippen LogP contribution in [0.5, 0.6) is 0 Å². The van der Waals surface area contributed by atoms with Crippen LogP contribution in [0.25, 0.3) is 0 Å². The van der Waals surface area contributed by atoms with Crippen LogP contribution < -0.4 is 11.1 Å². The molecular formula is C14H19N3O2S. The number of amides is 1. The predicted octanol–water partition coefficient (Wildman–Crippen LogP) is 1.68. The molecule has 2 rings (SSSR count). The molecule has 1 aliphatic heterocycles. The normalized spacial score (nSPS) is 19.6. The van der Waals surface area contributed by atoms with Gasteiger partial charge in [-0.1, -0.05) is 29.8 Å². The van der Waals surface area contributed by atoms with Gasteiger partial charge in [0.15, 0.2) is 5.84 Å². The molecule has 20 heavy (non-hydrogen) atoms. The molecule has 108 valence electrons. The van der Waals surface area contributed by atoms with E-state index in [4.69, 9.17) is 10.9 Å². The van der Waals surface area contributed by atoms with Crippen LogP contribution in [-0.2, 0) is 11.3 Å². The van der Waals surface area contributed by atoms with E-state index < -0.39 is 0 Å². The number of amidine groups is 1. The van der Waals surface area contributed by atoms with Gasteiger partial charge in [0.05, 0.1) is 5.25 Å². The largest absolute Gasteiger partial charge is 0.409 e. The lowest BCUT2D eigenvalue weighted by atomic mass is 10.1. The van der Waals surface area contributed by atoms with E-state index in [0.29, 0.717) is 12.1 Å². The summed E-state index contributed by atoms with van der Waals surface area (Å²) in [5.41, 5.74) is 7.12. The third kappa shape index (κ3) is 3.90. The average Bonchev–Trinajstić information content (AvgIpc) is 2.53. The number of thioether (sulfide) groups is 1. The van der Waals surface area contributed by atoms with Crippen LogP contribution in [0.2, 0.25) is 0 Å². The van der Waals surface area contributed by atoms with E-state index in [0.717, 1.165) is 24.2 Å². The van der Waals surface area contributed by atoms with Gasteiger partial charge in [0.25, 0.3) is 0 Å². The fourth-order valence-corrected chi connectivity index (χ4v) is 3.37. The Kier molecular flexibility index (Phi) is 5.29. The molecule has 0 saturated carbocycles. The summed E-state index contributed by atoms with van der Waals surface area (Å²) >= 11 is 1.73. The third-order valence-electron chi connectivity index (χ3n) is 3.27. The number of carbonyl (C=O) groups excluding carboxylic acids is 1. The van der Waals surface area contributed by atoms with E-state index >= 15 is 0 Å². The molecule has 5 nitrogen and oxygen atoms in total. The second-order valence-electron chi connectivity index (χ2n) is 4.76. The Morgan fingerprint density at radius 2 is 2.35 bits per heavy atom. The Morgan fingerprint density at radius 1 is 1.50 bits per heavy atom. The van der Waals surface area contributed by atoms with E-state index in [-0.39, 0.29) is 17.0 Å². The minimum Gasteiger partial charge on any atom is -0.409 e. The van der Waals surface area contributed by atoms with Gasteiger partial charge in [-0.15, -0.1) is 11.8 Å². The van der Waals surface area contributed by atoms with Crippen LogP contribution in [0.15, 0.2) is 29.4 Å². The van der Waals surface area contributed by atoms with E-state index in [2.05, 4.69) is 10.5 Å². The van der Waals surface area contributed by atoms with Crippen LogP contribution in [0.4, 0.5) is 0 Å². The highest BCUT2D eigenvalue weighted by molar-refractivity contribution is 8.00. The Morgan fingerprint density at radius 3 is 3.05 bits per heavy atom. The summed E-state index contributed by atoms with van der Waals surface area (Å²) in [6.07, 6.45) is 3.29. The first-order valence-corrected chi connectivity index (χ1v) is 7.71. The summed E-state index contributed by atoms with van der Waals surface area (Å²) in [6, 6.07) is 7.30. The molecule has 0 aromatic heterocycles. The van der Waals surface area contributed by atoms with Crippen molar-refractivity contribution in [2.24, 2.45) is 10.9 Å². The molecule has 1 fully saturated rings. The van der Waals surface area contributed by atoms with Gasteiger partial charge in [0, 0.05) is 12.1 Å². The van der Waals surface area contributed by atoms with Crippen molar-refractivity contribution in [2.75, 3.05) is 5.75 Å². The lowest BCUT2D eigenvalue weighted by Gasteiger charge is -2.20. The molecule has 4 N–H and O–H groups in total. The number of hydrogen-bond acceptors (Lipinski definition) is 4. The van der Waals surface area contributed by atoms with Crippen LogP contribution in [0, 0.1) is 0 Å². The molecule has 1 aromatic carbocycles.